The number of nitrogens with one attached hydrogen (secondary N) is 1. The summed E-state index contributed by atoms with van der Waals surface area (Å²) in [7, 11) is 3.35. The van der Waals surface area contributed by atoms with Crippen molar-refractivity contribution in [1.29, 1.82) is 0 Å². The molecule has 1 N–H and O–H groups in total. The zero-order valence-electron chi connectivity index (χ0n) is 15.2. The average Bonchev–Trinajstić information content (AvgIpc) is 3.08. The molecule has 0 spiro atoms. The Morgan fingerprint density at radius 3 is 2.48 bits per heavy atom. The molecule has 1 aromatic carbocycles. The molecular formula is C18H23ClN4O2. The van der Waals surface area contributed by atoms with Crippen LogP contribution < -0.4 is 0 Å². The fourth-order valence-electron chi connectivity index (χ4n) is 2.81. The fourth-order valence-corrected chi connectivity index (χ4v) is 3.25. The Hall–Kier alpha value is -1.89. The number of methoxy groups -OCH3 is 2. The van der Waals surface area contributed by atoms with E-state index in [1.54, 1.807) is 18.8 Å². The molecule has 0 unspecified atom stereocenters. The first-order valence-electron chi connectivity index (χ1n) is 8.10. The molecule has 6 nitrogen and oxygen atoms in total. The van der Waals surface area contributed by atoms with Crippen LogP contribution in [0.2, 0.25) is 5.02 Å². The molecule has 0 bridgehead atoms. The maximum Gasteiger partial charge on any atom is 0.194 e. The molecule has 134 valence electrons. The van der Waals surface area contributed by atoms with Gasteiger partial charge < -0.3 is 9.47 Å². The number of ether oxygens (including phenoxy) is 2. The van der Waals surface area contributed by atoms with Crippen molar-refractivity contribution in [3.05, 3.63) is 40.0 Å². The second kappa shape index (κ2) is 6.78. The lowest BCUT2D eigenvalue weighted by molar-refractivity contribution is 0.180. The molecule has 3 rings (SSSR count). The number of nitrogens with zero attached hydrogens (tertiary/aromatic N) is 3. The van der Waals surface area contributed by atoms with E-state index < -0.39 is 0 Å². The van der Waals surface area contributed by atoms with Gasteiger partial charge in [0.1, 0.15) is 5.02 Å². The molecule has 0 fully saturated rings. The van der Waals surface area contributed by atoms with E-state index in [0.717, 1.165) is 22.4 Å². The van der Waals surface area contributed by atoms with Crippen LogP contribution in [0.15, 0.2) is 18.2 Å². The third-order valence-electron chi connectivity index (χ3n) is 4.01. The van der Waals surface area contributed by atoms with Crippen molar-refractivity contribution in [2.45, 2.75) is 39.4 Å². The highest BCUT2D eigenvalue weighted by atomic mass is 35.5. The first-order chi connectivity index (χ1) is 11.8. The van der Waals surface area contributed by atoms with Crippen LogP contribution >= 0.6 is 11.6 Å². The van der Waals surface area contributed by atoms with E-state index in [4.69, 9.17) is 21.1 Å². The van der Waals surface area contributed by atoms with Crippen molar-refractivity contribution in [1.82, 2.24) is 19.8 Å². The second-order valence-corrected chi connectivity index (χ2v) is 7.46. The Balaban J connectivity index is 2.07. The number of hydrogen-bond donors (Lipinski definition) is 1. The van der Waals surface area contributed by atoms with Crippen LogP contribution in [0.5, 0.6) is 0 Å². The van der Waals surface area contributed by atoms with Gasteiger partial charge in [0.25, 0.3) is 0 Å². The van der Waals surface area contributed by atoms with Gasteiger partial charge in [0.15, 0.2) is 11.5 Å². The predicted molar refractivity (Wildman–Crippen MR) is 97.9 cm³/mol. The fraction of sp³-hybridized carbons (Fsp3) is 0.444. The van der Waals surface area contributed by atoms with E-state index in [1.807, 2.05) is 12.1 Å². The van der Waals surface area contributed by atoms with Gasteiger partial charge in [-0.3, -0.25) is 5.10 Å². The zero-order valence-corrected chi connectivity index (χ0v) is 15.9. The van der Waals surface area contributed by atoms with Crippen LogP contribution in [-0.2, 0) is 28.1 Å². The largest absolute Gasteiger partial charge is 0.380 e. The molecule has 0 saturated heterocycles. The minimum Gasteiger partial charge on any atom is -0.380 e. The average molecular weight is 363 g/mol. The standard InChI is InChI=1S/C18H23ClN4O2/c1-18(2,3)15-14(19)17-20-16(22-23(17)21-15)13-7-6-11(9-24-4)8-12(13)10-25-5/h6-8,21H,9-10H2,1-5H3. The SMILES string of the molecule is COCc1ccc(-c2nc3c(Cl)c(C(C)(C)C)[nH]n3n2)c(COC)c1. The summed E-state index contributed by atoms with van der Waals surface area (Å²) in [5.41, 5.74) is 4.46. The summed E-state index contributed by atoms with van der Waals surface area (Å²) in [6.07, 6.45) is 0. The molecule has 0 saturated carbocycles. The molecule has 25 heavy (non-hydrogen) atoms. The summed E-state index contributed by atoms with van der Waals surface area (Å²) in [5.74, 6) is 0.615. The van der Waals surface area contributed by atoms with Gasteiger partial charge in [-0.05, 0) is 11.1 Å². The Labute approximate surface area is 152 Å². The molecule has 0 amide bonds. The highest BCUT2D eigenvalue weighted by Crippen LogP contribution is 2.32. The van der Waals surface area contributed by atoms with Gasteiger partial charge in [-0.1, -0.05) is 50.6 Å². The van der Waals surface area contributed by atoms with Crippen LogP contribution in [0.1, 0.15) is 37.6 Å². The second-order valence-electron chi connectivity index (χ2n) is 7.08. The van der Waals surface area contributed by atoms with Gasteiger partial charge in [0, 0.05) is 25.2 Å². The normalized spacial score (nSPS) is 12.2. The molecule has 0 aliphatic rings. The minimum atomic E-state index is -0.108. The minimum absolute atomic E-state index is 0.108. The molecular weight excluding hydrogens is 340 g/mol. The molecule has 7 heteroatoms. The van der Waals surface area contributed by atoms with E-state index >= 15 is 0 Å². The lowest BCUT2D eigenvalue weighted by Crippen LogP contribution is -2.13. The van der Waals surface area contributed by atoms with Gasteiger partial charge in [-0.2, -0.15) is 4.63 Å². The number of rotatable bonds is 5. The van der Waals surface area contributed by atoms with E-state index in [0.29, 0.717) is 29.7 Å². The van der Waals surface area contributed by atoms with Gasteiger partial charge in [-0.25, -0.2) is 4.98 Å². The van der Waals surface area contributed by atoms with Crippen molar-refractivity contribution < 1.29 is 9.47 Å². The molecule has 0 radical (unpaired) electrons. The van der Waals surface area contributed by atoms with Crippen molar-refractivity contribution >= 4 is 17.2 Å². The Morgan fingerprint density at radius 1 is 1.16 bits per heavy atom. The van der Waals surface area contributed by atoms with Crippen LogP contribution in [0, 0.1) is 0 Å². The number of aromatic amines is 1. The van der Waals surface area contributed by atoms with Gasteiger partial charge in [-0.15, -0.1) is 5.10 Å². The van der Waals surface area contributed by atoms with E-state index in [-0.39, 0.29) is 5.41 Å². The molecule has 2 aromatic heterocycles. The number of fused-ring (bicyclic) bond motifs is 1. The van der Waals surface area contributed by atoms with Crippen LogP contribution in [-0.4, -0.2) is 34.0 Å². The first kappa shape index (κ1) is 17.9. The number of halogens is 1. The lowest BCUT2D eigenvalue weighted by Gasteiger charge is -2.16. The number of hydrogen-bond acceptors (Lipinski definition) is 4. The van der Waals surface area contributed by atoms with Gasteiger partial charge >= 0.3 is 0 Å². The van der Waals surface area contributed by atoms with Crippen molar-refractivity contribution in [3.8, 4) is 11.4 Å². The highest BCUT2D eigenvalue weighted by Gasteiger charge is 2.24. The van der Waals surface area contributed by atoms with Crippen LogP contribution in [0.4, 0.5) is 0 Å². The summed E-state index contributed by atoms with van der Waals surface area (Å²) < 4.78 is 12.2. The zero-order chi connectivity index (χ0) is 18.2. The summed E-state index contributed by atoms with van der Waals surface area (Å²) in [4.78, 5) is 4.64. The summed E-state index contributed by atoms with van der Waals surface area (Å²) in [6, 6.07) is 6.06. The third-order valence-corrected chi connectivity index (χ3v) is 4.37. The van der Waals surface area contributed by atoms with Crippen LogP contribution in [0.25, 0.3) is 17.0 Å². The summed E-state index contributed by atoms with van der Waals surface area (Å²) >= 11 is 6.51. The molecule has 0 aliphatic heterocycles. The maximum absolute atomic E-state index is 6.51. The Kier molecular flexibility index (Phi) is 4.86. The third kappa shape index (κ3) is 3.42. The molecule has 0 atom stereocenters. The lowest BCUT2D eigenvalue weighted by atomic mass is 9.92. The maximum atomic E-state index is 6.51. The number of benzene rings is 1. The molecule has 2 heterocycles. The van der Waals surface area contributed by atoms with Crippen molar-refractivity contribution in [2.24, 2.45) is 0 Å². The van der Waals surface area contributed by atoms with Crippen molar-refractivity contribution in [2.75, 3.05) is 14.2 Å². The molecule has 0 aliphatic carbocycles. The Bertz CT molecular complexity index is 892. The molecule has 3 aromatic rings. The van der Waals surface area contributed by atoms with Crippen molar-refractivity contribution in [3.63, 3.8) is 0 Å². The van der Waals surface area contributed by atoms with E-state index in [1.165, 1.54) is 0 Å². The summed E-state index contributed by atoms with van der Waals surface area (Å²) in [6.45, 7) is 7.30. The smallest absolute Gasteiger partial charge is 0.194 e. The Morgan fingerprint density at radius 2 is 1.88 bits per heavy atom. The van der Waals surface area contributed by atoms with Crippen LogP contribution in [0.3, 0.4) is 0 Å². The topological polar surface area (TPSA) is 64.4 Å². The number of H-pyrrole nitrogens is 1. The first-order valence-corrected chi connectivity index (χ1v) is 8.47. The summed E-state index contributed by atoms with van der Waals surface area (Å²) in [5, 5.41) is 8.42. The van der Waals surface area contributed by atoms with Gasteiger partial charge in [0.05, 0.1) is 18.9 Å². The monoisotopic (exact) mass is 362 g/mol. The van der Waals surface area contributed by atoms with Gasteiger partial charge in [0.2, 0.25) is 0 Å². The quantitative estimate of drug-likeness (QED) is 0.745. The van der Waals surface area contributed by atoms with E-state index in [9.17, 15) is 0 Å². The number of aromatic nitrogens is 4. The van der Waals surface area contributed by atoms with E-state index in [2.05, 4.69) is 42.0 Å². The predicted octanol–water partition coefficient (Wildman–Crippen LogP) is 3.97. The highest BCUT2D eigenvalue weighted by molar-refractivity contribution is 6.34.